The number of hydrogen-bond acceptors (Lipinski definition) is 3. The third-order valence-corrected chi connectivity index (χ3v) is 4.56. The maximum absolute atomic E-state index is 12.7. The van der Waals surface area contributed by atoms with Gasteiger partial charge >= 0.3 is 12.1 Å². The lowest BCUT2D eigenvalue weighted by Gasteiger charge is -2.14. The molecule has 0 aromatic heterocycles. The van der Waals surface area contributed by atoms with Crippen LogP contribution < -0.4 is 4.72 Å². The number of anilines is 1. The highest BCUT2D eigenvalue weighted by Gasteiger charge is 2.32. The Kier molecular flexibility index (Phi) is 4.57. The second-order valence-electron chi connectivity index (χ2n) is 4.93. The van der Waals surface area contributed by atoms with E-state index >= 15 is 0 Å². The Hall–Kier alpha value is -2.55. The predicted octanol–water partition coefficient (Wildman–Crippen LogP) is 3.51. The molecule has 0 radical (unpaired) electrons. The van der Waals surface area contributed by atoms with Gasteiger partial charge in [0, 0.05) is 0 Å². The summed E-state index contributed by atoms with van der Waals surface area (Å²) in [5, 5.41) is 9.12. The van der Waals surface area contributed by atoms with E-state index < -0.39 is 32.6 Å². The molecule has 2 N–H and O–H groups in total. The minimum Gasteiger partial charge on any atom is -0.478 e. The van der Waals surface area contributed by atoms with Gasteiger partial charge in [0.2, 0.25) is 0 Å². The van der Waals surface area contributed by atoms with Crippen molar-refractivity contribution in [2.75, 3.05) is 4.72 Å². The van der Waals surface area contributed by atoms with Crippen LogP contribution in [0.3, 0.4) is 0 Å². The van der Waals surface area contributed by atoms with Crippen molar-refractivity contribution in [3.63, 3.8) is 0 Å². The first-order valence-electron chi connectivity index (χ1n) is 6.55. The van der Waals surface area contributed by atoms with Crippen molar-refractivity contribution >= 4 is 21.7 Å². The van der Waals surface area contributed by atoms with Gasteiger partial charge in [-0.2, -0.15) is 13.2 Å². The van der Waals surface area contributed by atoms with Gasteiger partial charge in [0.25, 0.3) is 10.0 Å². The standard InChI is InChI=1S/C15H12F3NO4S/c1-9-4-2-7-12(14(20)21)13(9)19-24(22,23)11-6-3-5-10(8-11)15(16,17)18/h2-8,19H,1H3,(H,20,21). The number of sulfonamides is 1. The molecule has 0 fully saturated rings. The number of carbonyl (C=O) groups is 1. The van der Waals surface area contributed by atoms with Gasteiger partial charge in [-0.3, -0.25) is 4.72 Å². The lowest BCUT2D eigenvalue weighted by Crippen LogP contribution is -2.17. The number of aryl methyl sites for hydroxylation is 1. The van der Waals surface area contributed by atoms with Crippen molar-refractivity contribution in [1.82, 2.24) is 0 Å². The highest BCUT2D eigenvalue weighted by Crippen LogP contribution is 2.31. The van der Waals surface area contributed by atoms with Crippen LogP contribution in [0.15, 0.2) is 47.4 Å². The number of carboxylic acid groups (broad SMARTS) is 1. The molecule has 0 aliphatic carbocycles. The molecule has 0 unspecified atom stereocenters. The molecule has 0 atom stereocenters. The average molecular weight is 359 g/mol. The average Bonchev–Trinajstić information content (AvgIpc) is 2.48. The third-order valence-electron chi connectivity index (χ3n) is 3.21. The summed E-state index contributed by atoms with van der Waals surface area (Å²) < 4.78 is 64.9. The Morgan fingerprint density at radius 2 is 1.75 bits per heavy atom. The number of alkyl halides is 3. The maximum Gasteiger partial charge on any atom is 0.416 e. The summed E-state index contributed by atoms with van der Waals surface area (Å²) in [5.41, 5.74) is -1.29. The zero-order valence-electron chi connectivity index (χ0n) is 12.3. The Morgan fingerprint density at radius 1 is 1.12 bits per heavy atom. The van der Waals surface area contributed by atoms with E-state index in [2.05, 4.69) is 4.72 Å². The highest BCUT2D eigenvalue weighted by molar-refractivity contribution is 7.92. The topological polar surface area (TPSA) is 83.5 Å². The van der Waals surface area contributed by atoms with Crippen molar-refractivity contribution in [3.05, 3.63) is 59.2 Å². The van der Waals surface area contributed by atoms with Gasteiger partial charge in [0.1, 0.15) is 0 Å². The van der Waals surface area contributed by atoms with Gasteiger partial charge in [-0.25, -0.2) is 13.2 Å². The second kappa shape index (κ2) is 6.16. The van der Waals surface area contributed by atoms with Crippen molar-refractivity contribution in [1.29, 1.82) is 0 Å². The number of aromatic carboxylic acids is 1. The van der Waals surface area contributed by atoms with Crippen molar-refractivity contribution in [2.45, 2.75) is 18.0 Å². The Morgan fingerprint density at radius 3 is 2.33 bits per heavy atom. The molecular formula is C15H12F3NO4S. The monoisotopic (exact) mass is 359 g/mol. The van der Waals surface area contributed by atoms with E-state index in [1.165, 1.54) is 25.1 Å². The van der Waals surface area contributed by atoms with E-state index in [1.54, 1.807) is 0 Å². The van der Waals surface area contributed by atoms with Gasteiger partial charge < -0.3 is 5.11 Å². The van der Waals surface area contributed by atoms with Crippen LogP contribution in [-0.2, 0) is 16.2 Å². The van der Waals surface area contributed by atoms with E-state index in [0.717, 1.165) is 18.2 Å². The van der Waals surface area contributed by atoms with Crippen LogP contribution in [-0.4, -0.2) is 19.5 Å². The second-order valence-corrected chi connectivity index (χ2v) is 6.62. The van der Waals surface area contributed by atoms with Crippen molar-refractivity contribution < 1.29 is 31.5 Å². The summed E-state index contributed by atoms with van der Waals surface area (Å²) in [6.45, 7) is 1.48. The molecule has 2 rings (SSSR count). The maximum atomic E-state index is 12.7. The zero-order valence-corrected chi connectivity index (χ0v) is 13.1. The van der Waals surface area contributed by atoms with Gasteiger partial charge in [-0.05, 0) is 36.8 Å². The molecule has 5 nitrogen and oxygen atoms in total. The molecule has 2 aromatic carbocycles. The number of halogens is 3. The third kappa shape index (κ3) is 3.67. The largest absolute Gasteiger partial charge is 0.478 e. The van der Waals surface area contributed by atoms with E-state index in [4.69, 9.17) is 5.11 Å². The molecule has 0 saturated heterocycles. The first-order valence-corrected chi connectivity index (χ1v) is 8.03. The quantitative estimate of drug-likeness (QED) is 0.875. The van der Waals surface area contributed by atoms with Crippen molar-refractivity contribution in [2.24, 2.45) is 0 Å². The molecule has 0 aliphatic heterocycles. The van der Waals surface area contributed by atoms with E-state index in [-0.39, 0.29) is 11.3 Å². The fourth-order valence-corrected chi connectivity index (χ4v) is 3.21. The molecule has 0 aliphatic rings. The van der Waals surface area contributed by atoms with Gasteiger partial charge in [-0.15, -0.1) is 0 Å². The Labute approximate surface area is 135 Å². The molecule has 128 valence electrons. The summed E-state index contributed by atoms with van der Waals surface area (Å²) in [7, 11) is -4.39. The number of nitrogens with one attached hydrogen (secondary N) is 1. The van der Waals surface area contributed by atoms with Crippen LogP contribution in [0.2, 0.25) is 0 Å². The lowest BCUT2D eigenvalue weighted by molar-refractivity contribution is -0.137. The molecule has 0 saturated carbocycles. The lowest BCUT2D eigenvalue weighted by atomic mass is 10.1. The molecule has 0 bridgehead atoms. The van der Waals surface area contributed by atoms with Crippen LogP contribution in [0.1, 0.15) is 21.5 Å². The summed E-state index contributed by atoms with van der Waals surface area (Å²) in [6, 6.07) is 7.30. The van der Waals surface area contributed by atoms with Gasteiger partial charge in [0.15, 0.2) is 0 Å². The molecule has 0 heterocycles. The highest BCUT2D eigenvalue weighted by atomic mass is 32.2. The molecular weight excluding hydrogens is 347 g/mol. The Bertz CT molecular complexity index is 892. The molecule has 0 spiro atoms. The predicted molar refractivity (Wildman–Crippen MR) is 80.4 cm³/mol. The van der Waals surface area contributed by atoms with E-state index in [0.29, 0.717) is 11.6 Å². The SMILES string of the molecule is Cc1cccc(C(=O)O)c1NS(=O)(=O)c1cccc(C(F)(F)F)c1. The van der Waals surface area contributed by atoms with Crippen LogP contribution in [0.4, 0.5) is 18.9 Å². The number of benzene rings is 2. The van der Waals surface area contributed by atoms with Crippen LogP contribution in [0, 0.1) is 6.92 Å². The number of para-hydroxylation sites is 1. The first-order chi connectivity index (χ1) is 11.0. The minimum absolute atomic E-state index is 0.192. The molecule has 0 amide bonds. The first kappa shape index (κ1) is 17.8. The minimum atomic E-state index is -4.69. The van der Waals surface area contributed by atoms with E-state index in [9.17, 15) is 26.4 Å². The smallest absolute Gasteiger partial charge is 0.416 e. The summed E-state index contributed by atoms with van der Waals surface area (Å²) in [5.74, 6) is -1.36. The normalized spacial score (nSPS) is 12.0. The molecule has 9 heteroatoms. The number of rotatable bonds is 4. The fourth-order valence-electron chi connectivity index (χ4n) is 2.01. The van der Waals surface area contributed by atoms with Gasteiger partial charge in [0.05, 0.1) is 21.7 Å². The fraction of sp³-hybridized carbons (Fsp3) is 0.133. The molecule has 2 aromatic rings. The number of carboxylic acids is 1. The van der Waals surface area contributed by atoms with Gasteiger partial charge in [-0.1, -0.05) is 18.2 Å². The number of hydrogen-bond donors (Lipinski definition) is 2. The van der Waals surface area contributed by atoms with Crippen LogP contribution in [0.5, 0.6) is 0 Å². The summed E-state index contributed by atoms with van der Waals surface area (Å²) in [4.78, 5) is 10.6. The molecule has 24 heavy (non-hydrogen) atoms. The Balaban J connectivity index is 2.49. The zero-order chi connectivity index (χ0) is 18.1. The van der Waals surface area contributed by atoms with Crippen LogP contribution in [0.25, 0.3) is 0 Å². The summed E-state index contributed by atoms with van der Waals surface area (Å²) >= 11 is 0. The van der Waals surface area contributed by atoms with Crippen LogP contribution >= 0.6 is 0 Å². The van der Waals surface area contributed by atoms with Crippen molar-refractivity contribution in [3.8, 4) is 0 Å². The van der Waals surface area contributed by atoms with E-state index in [1.807, 2.05) is 0 Å². The summed E-state index contributed by atoms with van der Waals surface area (Å²) in [6.07, 6.45) is -4.69.